The van der Waals surface area contributed by atoms with Crippen molar-refractivity contribution >= 4 is 17.7 Å². The first-order valence-corrected chi connectivity index (χ1v) is 8.70. The van der Waals surface area contributed by atoms with Gasteiger partial charge in [0.1, 0.15) is 5.75 Å². The molecule has 0 bridgehead atoms. The molecule has 2 aliphatic heterocycles. The molecule has 2 saturated heterocycles. The van der Waals surface area contributed by atoms with Crippen molar-refractivity contribution in [1.29, 1.82) is 0 Å². The topological polar surface area (TPSA) is 41.6 Å². The summed E-state index contributed by atoms with van der Waals surface area (Å²) in [6.45, 7) is 5.67. The maximum absolute atomic E-state index is 12.5. The van der Waals surface area contributed by atoms with Crippen LogP contribution in [-0.2, 0) is 4.79 Å². The van der Waals surface area contributed by atoms with Gasteiger partial charge in [-0.1, -0.05) is 0 Å². The van der Waals surface area contributed by atoms with Gasteiger partial charge >= 0.3 is 0 Å². The summed E-state index contributed by atoms with van der Waals surface area (Å²) in [6.07, 6.45) is 1.62. The van der Waals surface area contributed by atoms with Crippen molar-refractivity contribution in [3.05, 3.63) is 24.3 Å². The molecule has 1 amide bonds. The minimum atomic E-state index is -0.420. The van der Waals surface area contributed by atoms with Gasteiger partial charge in [0, 0.05) is 31.1 Å². The minimum absolute atomic E-state index is 0.110. The Bertz CT molecular complexity index is 494. The number of amides is 1. The van der Waals surface area contributed by atoms with Gasteiger partial charge in [-0.05, 0) is 49.3 Å². The Labute approximate surface area is 130 Å². The van der Waals surface area contributed by atoms with E-state index < -0.39 is 6.10 Å². The molecular formula is C16H22N2O2S. The fraction of sp³-hybridized carbons (Fsp3) is 0.562. The highest BCUT2D eigenvalue weighted by Gasteiger charge is 2.39. The van der Waals surface area contributed by atoms with E-state index in [0.717, 1.165) is 31.9 Å². The summed E-state index contributed by atoms with van der Waals surface area (Å²) in [7, 11) is 0. The van der Waals surface area contributed by atoms with Crippen LogP contribution in [0.25, 0.3) is 0 Å². The first-order valence-electron chi connectivity index (χ1n) is 7.47. The number of carbonyl (C=O) groups excluding carboxylic acids is 1. The number of hydrogen-bond acceptors (Lipinski definition) is 4. The fourth-order valence-corrected chi connectivity index (χ4v) is 3.61. The lowest BCUT2D eigenvalue weighted by atomic mass is 10.0. The van der Waals surface area contributed by atoms with Crippen LogP contribution in [0.1, 0.15) is 6.92 Å². The molecule has 2 heterocycles. The van der Waals surface area contributed by atoms with Crippen LogP contribution in [0.5, 0.6) is 5.75 Å². The van der Waals surface area contributed by atoms with Crippen LogP contribution in [0.2, 0.25) is 0 Å². The van der Waals surface area contributed by atoms with Gasteiger partial charge in [0.2, 0.25) is 0 Å². The second-order valence-electron chi connectivity index (χ2n) is 5.86. The summed E-state index contributed by atoms with van der Waals surface area (Å²) in [5.41, 5.74) is 0. The van der Waals surface area contributed by atoms with Crippen molar-refractivity contribution in [3.8, 4) is 5.75 Å². The van der Waals surface area contributed by atoms with E-state index >= 15 is 0 Å². The van der Waals surface area contributed by atoms with Gasteiger partial charge in [-0.15, -0.1) is 11.8 Å². The van der Waals surface area contributed by atoms with Crippen molar-refractivity contribution in [3.63, 3.8) is 0 Å². The van der Waals surface area contributed by atoms with Crippen molar-refractivity contribution < 1.29 is 9.53 Å². The Hall–Kier alpha value is -1.20. The molecule has 114 valence electrons. The zero-order chi connectivity index (χ0) is 14.8. The normalized spacial score (nSPS) is 25.7. The lowest BCUT2D eigenvalue weighted by molar-refractivity contribution is -0.137. The van der Waals surface area contributed by atoms with E-state index in [4.69, 9.17) is 4.74 Å². The predicted octanol–water partition coefficient (Wildman–Crippen LogP) is 1.85. The van der Waals surface area contributed by atoms with Crippen LogP contribution in [-0.4, -0.2) is 49.3 Å². The Morgan fingerprint density at radius 3 is 2.48 bits per heavy atom. The molecule has 3 rings (SSSR count). The highest BCUT2D eigenvalue weighted by atomic mass is 32.2. The summed E-state index contributed by atoms with van der Waals surface area (Å²) >= 11 is 1.70. The monoisotopic (exact) mass is 306 g/mol. The molecule has 21 heavy (non-hydrogen) atoms. The molecule has 2 aliphatic rings. The summed E-state index contributed by atoms with van der Waals surface area (Å²) in [6, 6.07) is 7.89. The van der Waals surface area contributed by atoms with Crippen LogP contribution in [0, 0.1) is 11.8 Å². The summed E-state index contributed by atoms with van der Waals surface area (Å²) in [5.74, 6) is 2.12. The molecule has 1 N–H and O–H groups in total. The van der Waals surface area contributed by atoms with Crippen molar-refractivity contribution in [2.24, 2.45) is 11.8 Å². The van der Waals surface area contributed by atoms with Gasteiger partial charge in [0.25, 0.3) is 5.91 Å². The summed E-state index contributed by atoms with van der Waals surface area (Å²) in [5, 5.41) is 3.39. The Kier molecular flexibility index (Phi) is 4.40. The van der Waals surface area contributed by atoms with Gasteiger partial charge in [-0.2, -0.15) is 0 Å². The van der Waals surface area contributed by atoms with Crippen LogP contribution < -0.4 is 10.1 Å². The Balaban J connectivity index is 1.57. The van der Waals surface area contributed by atoms with Crippen LogP contribution >= 0.6 is 11.8 Å². The number of carbonyl (C=O) groups is 1. The average Bonchev–Trinajstić information content (AvgIpc) is 3.08. The van der Waals surface area contributed by atoms with E-state index in [1.807, 2.05) is 42.3 Å². The molecular weight excluding hydrogens is 284 g/mol. The number of likely N-dealkylation sites (tertiary alicyclic amines) is 1. The molecule has 0 radical (unpaired) electrons. The van der Waals surface area contributed by atoms with Gasteiger partial charge in [-0.3, -0.25) is 4.79 Å². The molecule has 0 aliphatic carbocycles. The molecule has 4 nitrogen and oxygen atoms in total. The third-order valence-corrected chi connectivity index (χ3v) is 5.16. The van der Waals surface area contributed by atoms with Gasteiger partial charge in [-0.25, -0.2) is 0 Å². The average molecular weight is 306 g/mol. The molecule has 5 heteroatoms. The zero-order valence-electron chi connectivity index (χ0n) is 12.5. The lowest BCUT2D eigenvalue weighted by Gasteiger charge is -2.22. The second-order valence-corrected chi connectivity index (χ2v) is 6.74. The van der Waals surface area contributed by atoms with E-state index in [9.17, 15) is 4.79 Å². The molecule has 3 atom stereocenters. The number of thioether (sulfide) groups is 1. The molecule has 0 spiro atoms. The number of nitrogens with one attached hydrogen (secondary N) is 1. The highest BCUT2D eigenvalue weighted by Crippen LogP contribution is 2.27. The number of ether oxygens (including phenoxy) is 1. The Morgan fingerprint density at radius 2 is 1.90 bits per heavy atom. The number of fused-ring (bicyclic) bond motifs is 1. The largest absolute Gasteiger partial charge is 0.481 e. The van der Waals surface area contributed by atoms with Gasteiger partial charge in [0.15, 0.2) is 6.10 Å². The zero-order valence-corrected chi connectivity index (χ0v) is 13.4. The third-order valence-electron chi connectivity index (χ3n) is 4.42. The van der Waals surface area contributed by atoms with Crippen molar-refractivity contribution in [2.75, 3.05) is 32.4 Å². The molecule has 0 aromatic heterocycles. The summed E-state index contributed by atoms with van der Waals surface area (Å²) in [4.78, 5) is 15.6. The molecule has 2 fully saturated rings. The Morgan fingerprint density at radius 1 is 1.29 bits per heavy atom. The first-order chi connectivity index (χ1) is 10.2. The van der Waals surface area contributed by atoms with Crippen LogP contribution in [0.3, 0.4) is 0 Å². The quantitative estimate of drug-likeness (QED) is 0.862. The number of hydrogen-bond donors (Lipinski definition) is 1. The second kappa shape index (κ2) is 6.28. The van der Waals surface area contributed by atoms with Crippen molar-refractivity contribution in [2.45, 2.75) is 17.9 Å². The smallest absolute Gasteiger partial charge is 0.263 e. The maximum Gasteiger partial charge on any atom is 0.263 e. The van der Waals surface area contributed by atoms with Crippen molar-refractivity contribution in [1.82, 2.24) is 10.2 Å². The standard InChI is InChI=1S/C16H22N2O2S/c1-11(20-14-3-5-15(21-2)6-4-14)16(19)18-9-12-7-17-8-13(12)10-18/h3-6,11-13,17H,7-10H2,1-2H3/t11?,12-,13+. The van der Waals surface area contributed by atoms with Crippen LogP contribution in [0.4, 0.5) is 0 Å². The highest BCUT2D eigenvalue weighted by molar-refractivity contribution is 7.98. The third kappa shape index (κ3) is 3.19. The SMILES string of the molecule is CSc1ccc(OC(C)C(=O)N2C[C@H]3CNC[C@H]3C2)cc1. The van der Waals surface area contributed by atoms with E-state index in [-0.39, 0.29) is 5.91 Å². The molecule has 1 aromatic carbocycles. The van der Waals surface area contributed by atoms with Gasteiger partial charge in [0.05, 0.1) is 0 Å². The van der Waals surface area contributed by atoms with Crippen LogP contribution in [0.15, 0.2) is 29.2 Å². The van der Waals surface area contributed by atoms with E-state index in [1.165, 1.54) is 4.90 Å². The van der Waals surface area contributed by atoms with Gasteiger partial charge < -0.3 is 15.0 Å². The van der Waals surface area contributed by atoms with E-state index in [2.05, 4.69) is 5.32 Å². The van der Waals surface area contributed by atoms with E-state index in [1.54, 1.807) is 11.8 Å². The number of benzene rings is 1. The molecule has 0 saturated carbocycles. The lowest BCUT2D eigenvalue weighted by Crippen LogP contribution is -2.40. The number of rotatable bonds is 4. The number of nitrogens with zero attached hydrogens (tertiary/aromatic N) is 1. The fourth-order valence-electron chi connectivity index (χ4n) is 3.20. The molecule has 1 aromatic rings. The molecule has 1 unspecified atom stereocenters. The minimum Gasteiger partial charge on any atom is -0.481 e. The summed E-state index contributed by atoms with van der Waals surface area (Å²) < 4.78 is 5.79. The first kappa shape index (κ1) is 14.7. The predicted molar refractivity (Wildman–Crippen MR) is 84.7 cm³/mol. The van der Waals surface area contributed by atoms with E-state index in [0.29, 0.717) is 11.8 Å². The maximum atomic E-state index is 12.5.